The molecule has 0 aliphatic carbocycles. The maximum atomic E-state index is 13.7. The van der Waals surface area contributed by atoms with E-state index in [4.69, 9.17) is 4.74 Å². The van der Waals surface area contributed by atoms with E-state index in [2.05, 4.69) is 24.1 Å². The maximum Gasteiger partial charge on any atom is 0.255 e. The van der Waals surface area contributed by atoms with Crippen LogP contribution in [0, 0.1) is 11.6 Å². The van der Waals surface area contributed by atoms with E-state index < -0.39 is 17.5 Å². The van der Waals surface area contributed by atoms with Crippen LogP contribution in [0.25, 0.3) is 0 Å². The van der Waals surface area contributed by atoms with Gasteiger partial charge in [-0.3, -0.25) is 9.69 Å². The summed E-state index contributed by atoms with van der Waals surface area (Å²) in [6, 6.07) is 10.8. The van der Waals surface area contributed by atoms with Crippen LogP contribution in [0.4, 0.5) is 14.5 Å². The van der Waals surface area contributed by atoms with Crippen molar-refractivity contribution >= 4 is 11.6 Å². The molecule has 1 amide bonds. The average Bonchev–Trinajstić information content (AvgIpc) is 2.58. The van der Waals surface area contributed by atoms with E-state index in [1.54, 1.807) is 12.1 Å². The lowest BCUT2D eigenvalue weighted by Crippen LogP contribution is -2.44. The molecule has 138 valence electrons. The van der Waals surface area contributed by atoms with Gasteiger partial charge < -0.3 is 10.1 Å². The zero-order chi connectivity index (χ0) is 18.7. The van der Waals surface area contributed by atoms with Crippen LogP contribution < -0.4 is 5.32 Å². The highest BCUT2D eigenvalue weighted by molar-refractivity contribution is 6.04. The molecule has 1 aliphatic heterocycles. The van der Waals surface area contributed by atoms with Crippen molar-refractivity contribution in [2.24, 2.45) is 0 Å². The van der Waals surface area contributed by atoms with Gasteiger partial charge in [0, 0.05) is 25.2 Å². The van der Waals surface area contributed by atoms with Crippen molar-refractivity contribution in [1.82, 2.24) is 4.90 Å². The molecule has 0 saturated carbocycles. The number of nitrogens with zero attached hydrogens (tertiary/aromatic N) is 1. The number of ether oxygens (including phenoxy) is 1. The summed E-state index contributed by atoms with van der Waals surface area (Å²) in [5.74, 6) is -2.53. The number of halogens is 2. The molecular weight excluding hydrogens is 338 g/mol. The molecule has 3 rings (SSSR count). The van der Waals surface area contributed by atoms with Gasteiger partial charge in [-0.2, -0.15) is 0 Å². The molecule has 0 spiro atoms. The first-order valence-electron chi connectivity index (χ1n) is 8.64. The van der Waals surface area contributed by atoms with Crippen LogP contribution >= 0.6 is 0 Å². The van der Waals surface area contributed by atoms with E-state index >= 15 is 0 Å². The lowest BCUT2D eigenvalue weighted by atomic mass is 10.1. The Morgan fingerprint density at radius 1 is 1.12 bits per heavy atom. The molecule has 1 aliphatic rings. The number of amides is 1. The molecule has 1 N–H and O–H groups in total. The molecule has 6 heteroatoms. The second-order valence-corrected chi connectivity index (χ2v) is 6.70. The van der Waals surface area contributed by atoms with E-state index in [9.17, 15) is 13.6 Å². The molecule has 26 heavy (non-hydrogen) atoms. The first-order valence-corrected chi connectivity index (χ1v) is 8.64. The Bertz CT molecular complexity index is 770. The van der Waals surface area contributed by atoms with Gasteiger partial charge in [0.15, 0.2) is 11.6 Å². The summed E-state index contributed by atoms with van der Waals surface area (Å²) in [4.78, 5) is 14.6. The third kappa shape index (κ3) is 4.45. The van der Waals surface area contributed by atoms with Crippen molar-refractivity contribution in [1.29, 1.82) is 0 Å². The van der Waals surface area contributed by atoms with Gasteiger partial charge >= 0.3 is 0 Å². The van der Waals surface area contributed by atoms with Crippen molar-refractivity contribution in [3.05, 3.63) is 65.2 Å². The number of rotatable bonds is 4. The van der Waals surface area contributed by atoms with E-state index in [-0.39, 0.29) is 17.9 Å². The molecule has 0 radical (unpaired) electrons. The third-order valence-electron chi connectivity index (χ3n) is 4.32. The summed E-state index contributed by atoms with van der Waals surface area (Å²) >= 11 is 0. The highest BCUT2D eigenvalue weighted by atomic mass is 19.2. The topological polar surface area (TPSA) is 41.6 Å². The maximum absolute atomic E-state index is 13.7. The number of benzene rings is 2. The Kier molecular flexibility index (Phi) is 5.64. The summed E-state index contributed by atoms with van der Waals surface area (Å²) < 4.78 is 32.6. The number of nitrogens with one attached hydrogen (secondary N) is 1. The van der Waals surface area contributed by atoms with Crippen molar-refractivity contribution in [2.75, 3.05) is 18.4 Å². The number of carbonyl (C=O) groups is 1. The van der Waals surface area contributed by atoms with E-state index in [1.165, 1.54) is 12.1 Å². The summed E-state index contributed by atoms with van der Waals surface area (Å²) in [7, 11) is 0. The van der Waals surface area contributed by atoms with Gasteiger partial charge in [-0.05, 0) is 43.7 Å². The summed E-state index contributed by atoms with van der Waals surface area (Å²) in [5, 5.41) is 2.40. The Morgan fingerprint density at radius 3 is 2.42 bits per heavy atom. The first-order chi connectivity index (χ1) is 12.4. The fraction of sp³-hybridized carbons (Fsp3) is 0.350. The number of anilines is 1. The monoisotopic (exact) mass is 360 g/mol. The zero-order valence-electron chi connectivity index (χ0n) is 14.8. The molecule has 1 fully saturated rings. The van der Waals surface area contributed by atoms with Crippen LogP contribution in [-0.4, -0.2) is 36.1 Å². The number of morpholine rings is 1. The smallest absolute Gasteiger partial charge is 0.255 e. The van der Waals surface area contributed by atoms with Crippen molar-refractivity contribution in [3.63, 3.8) is 0 Å². The second-order valence-electron chi connectivity index (χ2n) is 6.70. The van der Waals surface area contributed by atoms with Gasteiger partial charge in [0.25, 0.3) is 5.91 Å². The van der Waals surface area contributed by atoms with E-state index in [0.717, 1.165) is 31.3 Å². The quantitative estimate of drug-likeness (QED) is 0.901. The number of hydrogen-bond donors (Lipinski definition) is 1. The normalized spacial score (nSPS) is 20.8. The van der Waals surface area contributed by atoms with Crippen LogP contribution in [-0.2, 0) is 11.3 Å². The summed E-state index contributed by atoms with van der Waals surface area (Å²) in [6.45, 7) is 6.62. The molecule has 4 nitrogen and oxygen atoms in total. The molecule has 0 aromatic heterocycles. The SMILES string of the molecule is CC1CN(Cc2ccc(C(=O)Nc3cccc(F)c3F)cc2)CC(C)O1. The fourth-order valence-electron chi connectivity index (χ4n) is 3.23. The molecule has 2 atom stereocenters. The lowest BCUT2D eigenvalue weighted by Gasteiger charge is -2.35. The van der Waals surface area contributed by atoms with Gasteiger partial charge in [-0.25, -0.2) is 8.78 Å². The minimum Gasteiger partial charge on any atom is -0.373 e. The average molecular weight is 360 g/mol. The third-order valence-corrected chi connectivity index (χ3v) is 4.32. The predicted octanol–water partition coefficient (Wildman–Crippen LogP) is 3.83. The van der Waals surface area contributed by atoms with Crippen molar-refractivity contribution in [2.45, 2.75) is 32.6 Å². The largest absolute Gasteiger partial charge is 0.373 e. The van der Waals surface area contributed by atoms with Gasteiger partial charge in [0.2, 0.25) is 0 Å². The van der Waals surface area contributed by atoms with Crippen LogP contribution in [0.15, 0.2) is 42.5 Å². The number of carbonyl (C=O) groups excluding carboxylic acids is 1. The van der Waals surface area contributed by atoms with Gasteiger partial charge in [-0.15, -0.1) is 0 Å². The fourth-order valence-corrected chi connectivity index (χ4v) is 3.23. The Hall–Kier alpha value is -2.31. The summed E-state index contributed by atoms with van der Waals surface area (Å²) in [6.07, 6.45) is 0.398. The van der Waals surface area contributed by atoms with Crippen molar-refractivity contribution in [3.8, 4) is 0 Å². The highest BCUT2D eigenvalue weighted by Gasteiger charge is 2.22. The molecule has 2 aromatic rings. The minimum absolute atomic E-state index is 0.171. The van der Waals surface area contributed by atoms with Crippen LogP contribution in [0.1, 0.15) is 29.8 Å². The molecule has 0 bridgehead atoms. The summed E-state index contributed by atoms with van der Waals surface area (Å²) in [5.41, 5.74) is 1.30. The lowest BCUT2D eigenvalue weighted by molar-refractivity contribution is -0.0704. The molecular formula is C20H22F2N2O2. The van der Waals surface area contributed by atoms with Crippen LogP contribution in [0.3, 0.4) is 0 Å². The highest BCUT2D eigenvalue weighted by Crippen LogP contribution is 2.18. The van der Waals surface area contributed by atoms with Gasteiger partial charge in [0.1, 0.15) is 0 Å². The predicted molar refractivity (Wildman–Crippen MR) is 96.0 cm³/mol. The van der Waals surface area contributed by atoms with Crippen molar-refractivity contribution < 1.29 is 18.3 Å². The van der Waals surface area contributed by atoms with E-state index in [0.29, 0.717) is 5.56 Å². The zero-order valence-corrected chi connectivity index (χ0v) is 14.8. The molecule has 1 heterocycles. The Labute approximate surface area is 151 Å². The molecule has 2 unspecified atom stereocenters. The van der Waals surface area contributed by atoms with Gasteiger partial charge in [0.05, 0.1) is 17.9 Å². The molecule has 1 saturated heterocycles. The van der Waals surface area contributed by atoms with Gasteiger partial charge in [-0.1, -0.05) is 18.2 Å². The number of hydrogen-bond acceptors (Lipinski definition) is 3. The van der Waals surface area contributed by atoms with Crippen LogP contribution in [0.5, 0.6) is 0 Å². The Balaban J connectivity index is 1.63. The minimum atomic E-state index is -1.06. The second kappa shape index (κ2) is 7.93. The first kappa shape index (κ1) is 18.5. The van der Waals surface area contributed by atoms with E-state index in [1.807, 2.05) is 12.1 Å². The molecule has 2 aromatic carbocycles. The Morgan fingerprint density at radius 2 is 1.77 bits per heavy atom. The van der Waals surface area contributed by atoms with Crippen LogP contribution in [0.2, 0.25) is 0 Å². The standard InChI is InChI=1S/C20H22F2N2O2/c1-13-10-24(11-14(2)26-13)12-15-6-8-16(9-7-15)20(25)23-18-5-3-4-17(21)19(18)22/h3-9,13-14H,10-12H2,1-2H3,(H,23,25).